The Bertz CT molecular complexity index is 2340. The highest BCUT2D eigenvalue weighted by atomic mass is 16.1. The Morgan fingerprint density at radius 3 is 1.28 bits per heavy atom. The molecule has 4 aromatic carbocycles. The highest BCUT2D eigenvalue weighted by molar-refractivity contribution is 6.27. The maximum absolute atomic E-state index is 13.8. The fourth-order valence-corrected chi connectivity index (χ4v) is 5.58. The van der Waals surface area contributed by atoms with Crippen LogP contribution in [0, 0.1) is 0 Å². The van der Waals surface area contributed by atoms with Crippen LogP contribution in [0.3, 0.4) is 0 Å². The maximum Gasteiger partial charge on any atom is 0.281 e. The molecule has 0 N–H and O–H groups in total. The van der Waals surface area contributed by atoms with Gasteiger partial charge in [-0.25, -0.2) is 0 Å². The van der Waals surface area contributed by atoms with Crippen molar-refractivity contribution in [3.63, 3.8) is 0 Å². The van der Waals surface area contributed by atoms with Crippen molar-refractivity contribution < 1.29 is 0 Å². The van der Waals surface area contributed by atoms with Crippen molar-refractivity contribution in [2.75, 3.05) is 0 Å². The third-order valence-corrected chi connectivity index (χ3v) is 7.10. The Morgan fingerprint density at radius 1 is 0.444 bits per heavy atom. The molecule has 0 fully saturated rings. The Labute approximate surface area is 198 Å². The minimum absolute atomic E-state index is 0.224. The van der Waals surface area contributed by atoms with Gasteiger partial charge in [-0.05, 0) is 48.5 Å². The topological polar surface area (TPSA) is 103 Å². The normalized spacial score (nSPS) is 12.3. The van der Waals surface area contributed by atoms with Crippen molar-refractivity contribution in [1.29, 1.82) is 0 Å². The molecule has 4 heterocycles. The van der Waals surface area contributed by atoms with Crippen molar-refractivity contribution in [3.8, 4) is 0 Å². The minimum atomic E-state index is -0.435. The van der Waals surface area contributed by atoms with Crippen LogP contribution in [0.1, 0.15) is 0 Å². The van der Waals surface area contributed by atoms with E-state index in [-0.39, 0.29) is 22.4 Å². The zero-order valence-electron chi connectivity index (χ0n) is 18.4. The van der Waals surface area contributed by atoms with Gasteiger partial charge in [-0.1, -0.05) is 24.3 Å². The second-order valence-electron chi connectivity index (χ2n) is 8.87. The van der Waals surface area contributed by atoms with Crippen LogP contribution in [-0.2, 0) is 0 Å². The summed E-state index contributed by atoms with van der Waals surface area (Å²) in [5.41, 5.74) is -0.165. The van der Waals surface area contributed by atoms with E-state index in [1.165, 1.54) is 8.80 Å². The van der Waals surface area contributed by atoms with Gasteiger partial charge in [-0.2, -0.15) is 9.97 Å². The number of benzene rings is 4. The zero-order valence-corrected chi connectivity index (χ0v) is 18.4. The summed E-state index contributed by atoms with van der Waals surface area (Å²) in [6.07, 6.45) is 0. The Morgan fingerprint density at radius 2 is 0.833 bits per heavy atom. The molecule has 0 bridgehead atoms. The highest BCUT2D eigenvalue weighted by Gasteiger charge is 2.21. The molecule has 0 radical (unpaired) electrons. The van der Waals surface area contributed by atoms with Crippen LogP contribution >= 0.6 is 0 Å². The summed E-state index contributed by atoms with van der Waals surface area (Å²) in [7, 11) is 0. The van der Waals surface area contributed by atoms with E-state index >= 15 is 0 Å². The lowest BCUT2D eigenvalue weighted by molar-refractivity contribution is 1.11. The van der Waals surface area contributed by atoms with Gasteiger partial charge in [0.2, 0.25) is 0 Å². The predicted molar refractivity (Wildman–Crippen MR) is 139 cm³/mol. The van der Waals surface area contributed by atoms with Crippen LogP contribution in [0.5, 0.6) is 0 Å². The number of hydrogen-bond acceptors (Lipinski definition) is 6. The van der Waals surface area contributed by atoms with E-state index in [2.05, 4.69) is 9.97 Å². The Balaban J connectivity index is 1.72. The van der Waals surface area contributed by atoms with Crippen molar-refractivity contribution in [1.82, 2.24) is 18.8 Å². The van der Waals surface area contributed by atoms with Gasteiger partial charge in [0, 0.05) is 32.3 Å². The van der Waals surface area contributed by atoms with Crippen LogP contribution in [0.25, 0.3) is 65.4 Å². The molecule has 0 aliphatic heterocycles. The molecule has 8 heteroatoms. The molecular weight excluding hydrogens is 456 g/mol. The van der Waals surface area contributed by atoms with E-state index in [9.17, 15) is 19.2 Å². The minimum Gasteiger partial charge on any atom is -0.268 e. The summed E-state index contributed by atoms with van der Waals surface area (Å²) in [4.78, 5) is 61.7. The average Bonchev–Trinajstić information content (AvgIpc) is 2.90. The van der Waals surface area contributed by atoms with Crippen molar-refractivity contribution in [2.24, 2.45) is 0 Å². The number of hydrogen-bond donors (Lipinski definition) is 0. The standard InChI is InChI=1S/C28H12N4O4/c33-25-13-5-1-3-7-19(13)31-23(29-25)15-9-10-16-22-18(12-11-17(21(15)22)27(31)35)28(36)32-20-8-4-2-6-14(20)26(34)30-24(16)32/h1-12H. The van der Waals surface area contributed by atoms with Crippen LogP contribution in [0.15, 0.2) is 92.0 Å². The van der Waals surface area contributed by atoms with E-state index in [4.69, 9.17) is 0 Å². The molecule has 0 saturated heterocycles. The molecule has 0 spiro atoms. The summed E-state index contributed by atoms with van der Waals surface area (Å²) in [6.45, 7) is 0. The van der Waals surface area contributed by atoms with Gasteiger partial charge in [0.1, 0.15) is 0 Å². The fourth-order valence-electron chi connectivity index (χ4n) is 5.58. The number of rotatable bonds is 0. The first-order valence-corrected chi connectivity index (χ1v) is 11.3. The third-order valence-electron chi connectivity index (χ3n) is 7.10. The summed E-state index contributed by atoms with van der Waals surface area (Å²) < 4.78 is 2.90. The maximum atomic E-state index is 13.8. The molecule has 0 saturated carbocycles. The quantitative estimate of drug-likeness (QED) is 0.250. The smallest absolute Gasteiger partial charge is 0.268 e. The predicted octanol–water partition coefficient (Wildman–Crippen LogP) is 3.06. The van der Waals surface area contributed by atoms with Gasteiger partial charge in [-0.15, -0.1) is 0 Å². The molecule has 168 valence electrons. The molecule has 8 nitrogen and oxygen atoms in total. The molecule has 8 rings (SSSR count). The first-order chi connectivity index (χ1) is 17.5. The van der Waals surface area contributed by atoms with Gasteiger partial charge in [0.25, 0.3) is 22.2 Å². The summed E-state index contributed by atoms with van der Waals surface area (Å²) >= 11 is 0. The van der Waals surface area contributed by atoms with Gasteiger partial charge >= 0.3 is 0 Å². The molecule has 4 aromatic heterocycles. The molecule has 0 amide bonds. The number of fused-ring (bicyclic) bond motifs is 8. The number of aromatic nitrogens is 4. The second-order valence-corrected chi connectivity index (χ2v) is 8.87. The first-order valence-electron chi connectivity index (χ1n) is 11.3. The molecule has 0 atom stereocenters. The van der Waals surface area contributed by atoms with E-state index in [0.29, 0.717) is 54.1 Å². The van der Waals surface area contributed by atoms with Crippen molar-refractivity contribution >= 4 is 65.4 Å². The van der Waals surface area contributed by atoms with E-state index in [1.807, 2.05) is 0 Å². The Hall–Kier alpha value is -5.24. The van der Waals surface area contributed by atoms with Crippen LogP contribution in [0.4, 0.5) is 0 Å². The number of pyridine rings is 2. The first kappa shape index (κ1) is 19.1. The molecule has 0 unspecified atom stereocenters. The van der Waals surface area contributed by atoms with Crippen LogP contribution < -0.4 is 22.2 Å². The highest BCUT2D eigenvalue weighted by Crippen LogP contribution is 2.35. The van der Waals surface area contributed by atoms with Crippen LogP contribution in [0.2, 0.25) is 0 Å². The van der Waals surface area contributed by atoms with Gasteiger partial charge < -0.3 is 0 Å². The molecule has 36 heavy (non-hydrogen) atoms. The van der Waals surface area contributed by atoms with E-state index in [0.717, 1.165) is 0 Å². The largest absolute Gasteiger partial charge is 0.281 e. The van der Waals surface area contributed by atoms with Gasteiger partial charge in [0.05, 0.1) is 21.8 Å². The fraction of sp³-hybridized carbons (Fsp3) is 0. The number of nitrogens with zero attached hydrogens (tertiary/aromatic N) is 4. The lowest BCUT2D eigenvalue weighted by Crippen LogP contribution is -2.23. The van der Waals surface area contributed by atoms with Gasteiger partial charge in [0.15, 0.2) is 11.3 Å². The van der Waals surface area contributed by atoms with E-state index < -0.39 is 11.1 Å². The second kappa shape index (κ2) is 6.25. The summed E-state index contributed by atoms with van der Waals surface area (Å²) in [5.74, 6) is 0. The molecule has 0 aliphatic carbocycles. The van der Waals surface area contributed by atoms with Crippen molar-refractivity contribution in [2.45, 2.75) is 0 Å². The SMILES string of the molecule is O=c1nc2c3ccc4c5c(ccc(c(=O)n2c2ccccc12)c35)c(=O)n1c2ccccc2c(=O)nc41. The van der Waals surface area contributed by atoms with E-state index in [1.54, 1.807) is 72.8 Å². The molecule has 8 aromatic rings. The third kappa shape index (κ3) is 2.10. The van der Waals surface area contributed by atoms with Crippen LogP contribution in [-0.4, -0.2) is 18.8 Å². The van der Waals surface area contributed by atoms with Gasteiger partial charge in [-0.3, -0.25) is 28.0 Å². The Kier molecular flexibility index (Phi) is 3.32. The molecule has 0 aliphatic rings. The summed E-state index contributed by atoms with van der Waals surface area (Å²) in [6, 6.07) is 20.5. The zero-order chi connectivity index (χ0) is 24.3. The lowest BCUT2D eigenvalue weighted by atomic mass is 9.96. The van der Waals surface area contributed by atoms with Crippen molar-refractivity contribution in [3.05, 3.63) is 114 Å². The average molecular weight is 468 g/mol. The monoisotopic (exact) mass is 468 g/mol. The molecular formula is C28H12N4O4. The lowest BCUT2D eigenvalue weighted by Gasteiger charge is -2.15. The summed E-state index contributed by atoms with van der Waals surface area (Å²) in [5, 5.41) is 3.66. The number of para-hydroxylation sites is 2.